The van der Waals surface area contributed by atoms with Crippen molar-refractivity contribution in [2.75, 3.05) is 13.1 Å². The van der Waals surface area contributed by atoms with Gasteiger partial charge in [-0.3, -0.25) is 19.7 Å². The van der Waals surface area contributed by atoms with Gasteiger partial charge in [-0.25, -0.2) is 0 Å². The van der Waals surface area contributed by atoms with Gasteiger partial charge in [0.2, 0.25) is 5.91 Å². The van der Waals surface area contributed by atoms with Gasteiger partial charge >= 0.3 is 0 Å². The third-order valence-corrected chi connectivity index (χ3v) is 6.00. The van der Waals surface area contributed by atoms with E-state index in [0.717, 1.165) is 12.0 Å². The molecule has 1 fully saturated rings. The summed E-state index contributed by atoms with van der Waals surface area (Å²) in [5.74, 6) is -0.482. The number of nitro benzene ring substituents is 1. The van der Waals surface area contributed by atoms with E-state index in [0.29, 0.717) is 35.7 Å². The number of carbonyl (C=O) groups is 2. The Labute approximate surface area is 186 Å². The number of carbonyl (C=O) groups excluding carboxylic acids is 2. The Balaban J connectivity index is 1.69. The van der Waals surface area contributed by atoms with Crippen molar-refractivity contribution in [1.29, 1.82) is 0 Å². The maximum Gasteiger partial charge on any atom is 0.272 e. The molecular weight excluding hydrogens is 418 g/mol. The lowest BCUT2D eigenvalue weighted by molar-refractivity contribution is -0.385. The summed E-state index contributed by atoms with van der Waals surface area (Å²) in [5.41, 5.74) is 1.42. The molecule has 1 atom stereocenters. The molecule has 1 aliphatic rings. The largest absolute Gasteiger partial charge is 0.353 e. The predicted molar refractivity (Wildman–Crippen MR) is 119 cm³/mol. The highest BCUT2D eigenvalue weighted by atomic mass is 35.5. The molecule has 0 aliphatic carbocycles. The fraction of sp³-hybridized carbons (Fsp3) is 0.391. The van der Waals surface area contributed by atoms with Gasteiger partial charge in [-0.15, -0.1) is 0 Å². The fourth-order valence-electron chi connectivity index (χ4n) is 3.88. The lowest BCUT2D eigenvalue weighted by Gasteiger charge is -2.29. The van der Waals surface area contributed by atoms with Gasteiger partial charge in [-0.05, 0) is 49.6 Å². The summed E-state index contributed by atoms with van der Waals surface area (Å²) in [6, 6.07) is 11.3. The topological polar surface area (TPSA) is 92.6 Å². The van der Waals surface area contributed by atoms with Gasteiger partial charge in [0.15, 0.2) is 0 Å². The second kappa shape index (κ2) is 9.06. The minimum atomic E-state index is -0.557. The van der Waals surface area contributed by atoms with Crippen LogP contribution in [0, 0.1) is 17.0 Å². The van der Waals surface area contributed by atoms with Gasteiger partial charge in [0, 0.05) is 40.7 Å². The number of nitro groups is 1. The molecule has 2 aromatic carbocycles. The zero-order valence-electron chi connectivity index (χ0n) is 17.9. The van der Waals surface area contributed by atoms with E-state index in [1.807, 2.05) is 38.1 Å². The summed E-state index contributed by atoms with van der Waals surface area (Å²) in [5, 5.41) is 14.7. The molecule has 1 unspecified atom stereocenters. The Hall–Kier alpha value is -2.93. The van der Waals surface area contributed by atoms with E-state index < -0.39 is 11.0 Å². The molecule has 0 spiro atoms. The van der Waals surface area contributed by atoms with Crippen LogP contribution < -0.4 is 5.32 Å². The summed E-state index contributed by atoms with van der Waals surface area (Å²) in [6.07, 6.45) is 1.31. The molecule has 0 radical (unpaired) electrons. The maximum absolute atomic E-state index is 13.0. The molecule has 0 aromatic heterocycles. The van der Waals surface area contributed by atoms with E-state index >= 15 is 0 Å². The van der Waals surface area contributed by atoms with Crippen molar-refractivity contribution in [3.63, 3.8) is 0 Å². The van der Waals surface area contributed by atoms with Gasteiger partial charge in [0.1, 0.15) is 6.04 Å². The zero-order valence-corrected chi connectivity index (χ0v) is 18.6. The molecule has 0 saturated carbocycles. The van der Waals surface area contributed by atoms with Gasteiger partial charge in [0.05, 0.1) is 4.92 Å². The number of nitrogens with one attached hydrogen (secondary N) is 1. The van der Waals surface area contributed by atoms with Crippen LogP contribution in [0.2, 0.25) is 5.02 Å². The van der Waals surface area contributed by atoms with E-state index in [2.05, 4.69) is 5.32 Å². The fourth-order valence-corrected chi connectivity index (χ4v) is 4.07. The number of aryl methyl sites for hydroxylation is 1. The number of nitrogens with zero attached hydrogens (tertiary/aromatic N) is 2. The lowest BCUT2D eigenvalue weighted by atomic mass is 9.84. The smallest absolute Gasteiger partial charge is 0.272 e. The first-order chi connectivity index (χ1) is 14.6. The predicted octanol–water partition coefficient (Wildman–Crippen LogP) is 4.26. The average Bonchev–Trinajstić information content (AvgIpc) is 3.21. The van der Waals surface area contributed by atoms with E-state index in [9.17, 15) is 19.7 Å². The second-order valence-electron chi connectivity index (χ2n) is 8.53. The Morgan fingerprint density at radius 2 is 2.00 bits per heavy atom. The summed E-state index contributed by atoms with van der Waals surface area (Å²) in [6.45, 7) is 6.53. The monoisotopic (exact) mass is 443 g/mol. The van der Waals surface area contributed by atoms with Crippen molar-refractivity contribution in [3.05, 3.63) is 74.3 Å². The third kappa shape index (κ3) is 5.05. The van der Waals surface area contributed by atoms with Crippen molar-refractivity contribution in [2.45, 2.75) is 45.1 Å². The Kier molecular flexibility index (Phi) is 6.65. The minimum Gasteiger partial charge on any atom is -0.353 e. The molecule has 31 heavy (non-hydrogen) atoms. The van der Waals surface area contributed by atoms with Crippen molar-refractivity contribution in [2.24, 2.45) is 0 Å². The number of likely N-dealkylation sites (tertiary alicyclic amines) is 1. The number of hydrogen-bond acceptors (Lipinski definition) is 4. The van der Waals surface area contributed by atoms with E-state index in [1.54, 1.807) is 11.8 Å². The van der Waals surface area contributed by atoms with E-state index in [4.69, 9.17) is 11.6 Å². The standard InChI is InChI=1S/C23H26ClN3O4/c1-15-12-16(9-10-19(15)27(30)31)22(29)26-11-5-8-20(26)21(28)25-14-23(2,3)17-6-4-7-18(24)13-17/h4,6-7,9-10,12-13,20H,5,8,11,14H2,1-3H3,(H,25,28). The van der Waals surface area contributed by atoms with Crippen LogP contribution >= 0.6 is 11.6 Å². The van der Waals surface area contributed by atoms with Crippen molar-refractivity contribution >= 4 is 29.1 Å². The van der Waals surface area contributed by atoms with Crippen LogP contribution in [0.1, 0.15) is 48.2 Å². The highest BCUT2D eigenvalue weighted by molar-refractivity contribution is 6.30. The van der Waals surface area contributed by atoms with Crippen LogP contribution in [0.4, 0.5) is 5.69 Å². The second-order valence-corrected chi connectivity index (χ2v) is 8.96. The van der Waals surface area contributed by atoms with Crippen LogP contribution in [-0.2, 0) is 10.2 Å². The normalized spacial score (nSPS) is 16.3. The molecule has 164 valence electrons. The Morgan fingerprint density at radius 1 is 1.26 bits per heavy atom. The minimum absolute atomic E-state index is 0.0319. The van der Waals surface area contributed by atoms with Crippen molar-refractivity contribution < 1.29 is 14.5 Å². The Morgan fingerprint density at radius 3 is 2.65 bits per heavy atom. The Bertz CT molecular complexity index is 1020. The molecular formula is C23H26ClN3O4. The summed E-state index contributed by atoms with van der Waals surface area (Å²) >= 11 is 6.10. The van der Waals surface area contributed by atoms with Gasteiger partial charge < -0.3 is 10.2 Å². The zero-order chi connectivity index (χ0) is 22.8. The first-order valence-electron chi connectivity index (χ1n) is 10.2. The quantitative estimate of drug-likeness (QED) is 0.533. The average molecular weight is 444 g/mol. The summed E-state index contributed by atoms with van der Waals surface area (Å²) < 4.78 is 0. The molecule has 1 heterocycles. The number of rotatable bonds is 6. The molecule has 2 amide bonds. The maximum atomic E-state index is 13.0. The SMILES string of the molecule is Cc1cc(C(=O)N2CCCC2C(=O)NCC(C)(C)c2cccc(Cl)c2)ccc1[N+](=O)[O-]. The third-order valence-electron chi connectivity index (χ3n) is 5.77. The van der Waals surface area contributed by atoms with Gasteiger partial charge in [0.25, 0.3) is 11.6 Å². The molecule has 3 rings (SSSR count). The molecule has 2 aromatic rings. The number of hydrogen-bond donors (Lipinski definition) is 1. The summed E-state index contributed by atoms with van der Waals surface area (Å²) in [7, 11) is 0. The number of halogens is 1. The van der Waals surface area contributed by atoms with E-state index in [1.165, 1.54) is 18.2 Å². The first-order valence-corrected chi connectivity index (χ1v) is 10.6. The van der Waals surface area contributed by atoms with Crippen LogP contribution in [0.3, 0.4) is 0 Å². The molecule has 1 aliphatic heterocycles. The van der Waals surface area contributed by atoms with Crippen LogP contribution in [0.15, 0.2) is 42.5 Å². The van der Waals surface area contributed by atoms with Crippen molar-refractivity contribution in [1.82, 2.24) is 10.2 Å². The van der Waals surface area contributed by atoms with Crippen LogP contribution in [0.25, 0.3) is 0 Å². The summed E-state index contributed by atoms with van der Waals surface area (Å²) in [4.78, 5) is 38.1. The molecule has 1 N–H and O–H groups in total. The van der Waals surface area contributed by atoms with Crippen LogP contribution in [-0.4, -0.2) is 40.8 Å². The molecule has 7 nitrogen and oxygen atoms in total. The molecule has 8 heteroatoms. The number of amides is 2. The highest BCUT2D eigenvalue weighted by Crippen LogP contribution is 2.26. The molecule has 1 saturated heterocycles. The van der Waals surface area contributed by atoms with E-state index in [-0.39, 0.29) is 22.9 Å². The van der Waals surface area contributed by atoms with Crippen LogP contribution in [0.5, 0.6) is 0 Å². The number of benzene rings is 2. The highest BCUT2D eigenvalue weighted by Gasteiger charge is 2.35. The van der Waals surface area contributed by atoms with Crippen molar-refractivity contribution in [3.8, 4) is 0 Å². The lowest BCUT2D eigenvalue weighted by Crippen LogP contribution is -2.48. The van der Waals surface area contributed by atoms with Gasteiger partial charge in [-0.2, -0.15) is 0 Å². The molecule has 0 bridgehead atoms. The van der Waals surface area contributed by atoms with Gasteiger partial charge in [-0.1, -0.05) is 37.6 Å². The first kappa shape index (κ1) is 22.7.